The predicted molar refractivity (Wildman–Crippen MR) is 122 cm³/mol. The molecule has 0 saturated heterocycles. The van der Waals surface area contributed by atoms with Gasteiger partial charge < -0.3 is 31.6 Å². The van der Waals surface area contributed by atoms with Gasteiger partial charge in [0.05, 0.1) is 0 Å². The number of hydrogen-bond donors (Lipinski definition) is 6. The van der Waals surface area contributed by atoms with Crippen molar-refractivity contribution in [1.29, 1.82) is 0 Å². The Bertz CT molecular complexity index is 1080. The molecule has 10 heteroatoms. The van der Waals surface area contributed by atoms with Gasteiger partial charge >= 0.3 is 11.9 Å². The van der Waals surface area contributed by atoms with Crippen LogP contribution < -0.4 is 21.9 Å². The number of fused-ring (bicyclic) bond motifs is 1. The monoisotopic (exact) mass is 456 g/mol. The summed E-state index contributed by atoms with van der Waals surface area (Å²) >= 11 is 0. The summed E-state index contributed by atoms with van der Waals surface area (Å²) in [4.78, 5) is 49.2. The van der Waals surface area contributed by atoms with Crippen molar-refractivity contribution in [2.75, 3.05) is 17.6 Å². The second-order valence-electron chi connectivity index (χ2n) is 8.26. The smallest absolute Gasteiger partial charge is 0.326 e. The minimum absolute atomic E-state index is 0.164. The van der Waals surface area contributed by atoms with Crippen molar-refractivity contribution in [1.82, 2.24) is 10.3 Å². The highest BCUT2D eigenvalue weighted by Crippen LogP contribution is 2.26. The number of carbonyl (C=O) groups excluding carboxylic acids is 1. The Morgan fingerprint density at radius 2 is 1.91 bits per heavy atom. The lowest BCUT2D eigenvalue weighted by Gasteiger charge is -2.15. The third-order valence-corrected chi connectivity index (χ3v) is 5.83. The Morgan fingerprint density at radius 3 is 2.58 bits per heavy atom. The number of carboxylic acid groups (broad SMARTS) is 2. The van der Waals surface area contributed by atoms with Crippen LogP contribution >= 0.6 is 0 Å². The molecule has 1 amide bonds. The zero-order chi connectivity index (χ0) is 24.0. The van der Waals surface area contributed by atoms with Gasteiger partial charge in [-0.15, -0.1) is 0 Å². The van der Waals surface area contributed by atoms with E-state index in [2.05, 4.69) is 15.6 Å². The summed E-state index contributed by atoms with van der Waals surface area (Å²) in [6, 6.07) is 7.37. The van der Waals surface area contributed by atoms with E-state index in [-0.39, 0.29) is 18.4 Å². The first-order valence-corrected chi connectivity index (χ1v) is 10.8. The number of nitrogens with two attached hydrogens (primary N) is 1. The van der Waals surface area contributed by atoms with E-state index in [1.165, 1.54) is 0 Å². The fourth-order valence-corrected chi connectivity index (χ4v) is 3.98. The zero-order valence-corrected chi connectivity index (χ0v) is 18.1. The van der Waals surface area contributed by atoms with Gasteiger partial charge in [0.2, 0.25) is 0 Å². The highest BCUT2D eigenvalue weighted by atomic mass is 16.4. The summed E-state index contributed by atoms with van der Waals surface area (Å²) in [5, 5.41) is 23.6. The maximum absolute atomic E-state index is 12.4. The van der Waals surface area contributed by atoms with Crippen LogP contribution in [0.15, 0.2) is 35.1 Å². The Balaban J connectivity index is 1.57. The Morgan fingerprint density at radius 1 is 1.18 bits per heavy atom. The molecule has 0 spiro atoms. The van der Waals surface area contributed by atoms with Crippen LogP contribution in [0.25, 0.3) is 0 Å². The number of rotatable bonds is 9. The van der Waals surface area contributed by atoms with E-state index in [9.17, 15) is 24.3 Å². The standard InChI is InChI=1S/C23H28N4O6/c24-19-12-18-16(22(31)27-19)11-14(9-10-25-18)2-1-13-3-5-15(6-4-13)21(30)26-17(23(32)33)7-8-20(28)29/h3-6,12,14,17,25H,1-2,7-11H2,(H,26,30)(H,28,29)(H,32,33)(H3,24,27,31)/t14?,17-/m0/s1. The summed E-state index contributed by atoms with van der Waals surface area (Å²) in [6.45, 7) is 0.756. The number of aliphatic carboxylic acids is 2. The molecule has 10 nitrogen and oxygen atoms in total. The average molecular weight is 456 g/mol. The molecule has 3 rings (SSSR count). The van der Waals surface area contributed by atoms with Crippen LogP contribution in [0.3, 0.4) is 0 Å². The maximum Gasteiger partial charge on any atom is 0.326 e. The number of carbonyl (C=O) groups is 3. The number of aromatic nitrogens is 1. The zero-order valence-electron chi connectivity index (χ0n) is 18.1. The molecule has 2 heterocycles. The van der Waals surface area contributed by atoms with E-state index in [4.69, 9.17) is 10.8 Å². The maximum atomic E-state index is 12.4. The number of nitrogen functional groups attached to an aromatic ring is 1. The van der Waals surface area contributed by atoms with Crippen molar-refractivity contribution in [3.63, 3.8) is 0 Å². The predicted octanol–water partition coefficient (Wildman–Crippen LogP) is 1.61. The number of carboxylic acids is 2. The summed E-state index contributed by atoms with van der Waals surface area (Å²) in [5.41, 5.74) is 8.40. The number of aryl methyl sites for hydroxylation is 1. The number of benzene rings is 1. The minimum atomic E-state index is -1.28. The van der Waals surface area contributed by atoms with Crippen molar-refractivity contribution < 1.29 is 24.6 Å². The molecule has 1 aliphatic rings. The lowest BCUT2D eigenvalue weighted by molar-refractivity contribution is -0.140. The van der Waals surface area contributed by atoms with Crippen molar-refractivity contribution in [2.24, 2.45) is 5.92 Å². The van der Waals surface area contributed by atoms with Gasteiger partial charge in [0, 0.05) is 35.8 Å². The van der Waals surface area contributed by atoms with Gasteiger partial charge in [0.25, 0.3) is 11.5 Å². The molecule has 7 N–H and O–H groups in total. The molecule has 2 aromatic rings. The van der Waals surface area contributed by atoms with Crippen LogP contribution in [0.4, 0.5) is 11.5 Å². The molecule has 2 atom stereocenters. The van der Waals surface area contributed by atoms with Gasteiger partial charge in [-0.05, 0) is 55.7 Å². The second-order valence-corrected chi connectivity index (χ2v) is 8.26. The van der Waals surface area contributed by atoms with Crippen LogP contribution in [0, 0.1) is 5.92 Å². The largest absolute Gasteiger partial charge is 0.481 e. The van der Waals surface area contributed by atoms with Gasteiger partial charge in [-0.25, -0.2) is 4.79 Å². The molecular weight excluding hydrogens is 428 g/mol. The highest BCUT2D eigenvalue weighted by molar-refractivity contribution is 5.96. The Hall–Kier alpha value is -3.82. The molecule has 1 aromatic heterocycles. The van der Waals surface area contributed by atoms with Gasteiger partial charge in [-0.2, -0.15) is 0 Å². The van der Waals surface area contributed by atoms with Gasteiger partial charge in [0.15, 0.2) is 0 Å². The number of hydrogen-bond acceptors (Lipinski definition) is 6. The van der Waals surface area contributed by atoms with E-state index in [1.807, 2.05) is 12.1 Å². The fourth-order valence-electron chi connectivity index (χ4n) is 3.98. The molecule has 1 aromatic carbocycles. The molecule has 176 valence electrons. The lowest BCUT2D eigenvalue weighted by Crippen LogP contribution is -2.41. The SMILES string of the molecule is Nc1cc2c(c(=O)[nH]1)CC(CCc1ccc(C(=O)N[C@@H](CCC(=O)O)C(=O)O)cc1)CCN2. The number of H-pyrrole nitrogens is 1. The van der Waals surface area contributed by atoms with Crippen molar-refractivity contribution in [3.8, 4) is 0 Å². The van der Waals surface area contributed by atoms with Crippen molar-refractivity contribution in [2.45, 2.75) is 44.6 Å². The van der Waals surface area contributed by atoms with Crippen LogP contribution in [-0.2, 0) is 22.4 Å². The Kier molecular flexibility index (Phi) is 7.70. The van der Waals surface area contributed by atoms with Crippen molar-refractivity contribution >= 4 is 29.4 Å². The molecule has 0 saturated carbocycles. The topological polar surface area (TPSA) is 175 Å². The molecule has 33 heavy (non-hydrogen) atoms. The minimum Gasteiger partial charge on any atom is -0.481 e. The second kappa shape index (κ2) is 10.7. The summed E-state index contributed by atoms with van der Waals surface area (Å²) < 4.78 is 0. The Labute approximate surface area is 190 Å². The molecule has 0 fully saturated rings. The lowest BCUT2D eigenvalue weighted by atomic mass is 9.91. The molecule has 1 aliphatic heterocycles. The number of nitrogens with one attached hydrogen (secondary N) is 3. The van der Waals surface area contributed by atoms with Crippen LogP contribution in [0.1, 0.15) is 47.2 Å². The van der Waals surface area contributed by atoms with Gasteiger partial charge in [-0.1, -0.05) is 12.1 Å². The van der Waals surface area contributed by atoms with Gasteiger partial charge in [-0.3, -0.25) is 14.4 Å². The summed E-state index contributed by atoms with van der Waals surface area (Å²) in [5.74, 6) is -2.31. The number of anilines is 2. The van der Waals surface area contributed by atoms with Crippen LogP contribution in [0.5, 0.6) is 0 Å². The van der Waals surface area contributed by atoms with E-state index in [0.29, 0.717) is 23.7 Å². The molecule has 0 radical (unpaired) electrons. The summed E-state index contributed by atoms with van der Waals surface area (Å²) in [7, 11) is 0. The first-order valence-electron chi connectivity index (χ1n) is 10.8. The third-order valence-electron chi connectivity index (χ3n) is 5.83. The first-order chi connectivity index (χ1) is 15.7. The van der Waals surface area contributed by atoms with Crippen LogP contribution in [0.2, 0.25) is 0 Å². The number of amides is 1. The highest BCUT2D eigenvalue weighted by Gasteiger charge is 2.22. The fraction of sp³-hybridized carbons (Fsp3) is 0.391. The summed E-state index contributed by atoms with van der Waals surface area (Å²) in [6.07, 6.45) is 2.67. The molecular formula is C23H28N4O6. The van der Waals surface area contributed by atoms with E-state index >= 15 is 0 Å². The normalized spacial score (nSPS) is 16.1. The first kappa shape index (κ1) is 23.8. The number of aromatic amines is 1. The van der Waals surface area contributed by atoms with Gasteiger partial charge in [0.1, 0.15) is 11.9 Å². The molecule has 0 bridgehead atoms. The molecule has 0 aliphatic carbocycles. The van der Waals surface area contributed by atoms with E-state index in [1.54, 1.807) is 18.2 Å². The quantitative estimate of drug-likeness (QED) is 0.330. The average Bonchev–Trinajstić information content (AvgIpc) is 2.97. The third kappa shape index (κ3) is 6.58. The van der Waals surface area contributed by atoms with E-state index < -0.39 is 23.9 Å². The van der Waals surface area contributed by atoms with Crippen LogP contribution in [-0.4, -0.2) is 45.6 Å². The van der Waals surface area contributed by atoms with Crippen molar-refractivity contribution in [3.05, 3.63) is 57.4 Å². The molecule has 1 unspecified atom stereocenters. The number of pyridine rings is 1. The van der Waals surface area contributed by atoms with E-state index in [0.717, 1.165) is 42.6 Å².